The molecule has 0 aliphatic rings. The summed E-state index contributed by atoms with van der Waals surface area (Å²) < 4.78 is 0. The van der Waals surface area contributed by atoms with Crippen LogP contribution in [-0.2, 0) is 11.3 Å². The molecule has 3 nitrogen and oxygen atoms in total. The molecule has 0 saturated carbocycles. The Hall–Kier alpha value is -0.710. The van der Waals surface area contributed by atoms with Crippen molar-refractivity contribution in [1.29, 1.82) is 0 Å². The molecule has 2 N–H and O–H groups in total. The Kier molecular flexibility index (Phi) is 11.6. The molecule has 0 radical (unpaired) electrons. The molecule has 1 amide bonds. The molecule has 0 atom stereocenters. The van der Waals surface area contributed by atoms with Gasteiger partial charge >= 0.3 is 0 Å². The Morgan fingerprint density at radius 3 is 2.55 bits per heavy atom. The van der Waals surface area contributed by atoms with Crippen molar-refractivity contribution in [1.82, 2.24) is 4.90 Å². The number of hydrogen-bond donors (Lipinski definition) is 1. The highest BCUT2D eigenvalue weighted by Gasteiger charge is 2.12. The first-order valence-corrected chi connectivity index (χ1v) is 8.18. The highest BCUT2D eigenvalue weighted by Crippen LogP contribution is 2.09. The van der Waals surface area contributed by atoms with Crippen molar-refractivity contribution in [2.75, 3.05) is 25.1 Å². The van der Waals surface area contributed by atoms with E-state index in [0.717, 1.165) is 25.1 Å². The molecule has 0 fully saturated rings. The molecule has 114 valence electrons. The Balaban J connectivity index is 0.00000361. The third-order valence-corrected chi connectivity index (χ3v) is 3.64. The van der Waals surface area contributed by atoms with Crippen LogP contribution in [0.15, 0.2) is 30.3 Å². The smallest absolute Gasteiger partial charge is 0.222 e. The van der Waals surface area contributed by atoms with Gasteiger partial charge in [0.1, 0.15) is 0 Å². The lowest BCUT2D eigenvalue weighted by Crippen LogP contribution is -2.32. The molecule has 0 heterocycles. The maximum Gasteiger partial charge on any atom is 0.222 e. The predicted octanol–water partition coefficient (Wildman–Crippen LogP) is 2.93. The van der Waals surface area contributed by atoms with Crippen LogP contribution < -0.4 is 5.73 Å². The zero-order valence-corrected chi connectivity index (χ0v) is 13.7. The molecule has 5 heteroatoms. The second-order valence-corrected chi connectivity index (χ2v) is 5.53. The number of halogens is 1. The van der Waals surface area contributed by atoms with E-state index in [9.17, 15) is 4.79 Å². The van der Waals surface area contributed by atoms with Gasteiger partial charge in [0.2, 0.25) is 5.91 Å². The average Bonchev–Trinajstić information content (AvgIpc) is 2.44. The van der Waals surface area contributed by atoms with Gasteiger partial charge in [-0.25, -0.2) is 0 Å². The number of thioether (sulfide) groups is 1. The first-order chi connectivity index (χ1) is 9.27. The van der Waals surface area contributed by atoms with Crippen molar-refractivity contribution >= 4 is 30.1 Å². The zero-order chi connectivity index (χ0) is 13.9. The quantitative estimate of drug-likeness (QED) is 0.713. The molecule has 20 heavy (non-hydrogen) atoms. The van der Waals surface area contributed by atoms with E-state index in [1.807, 2.05) is 23.1 Å². The predicted molar refractivity (Wildman–Crippen MR) is 90.4 cm³/mol. The van der Waals surface area contributed by atoms with Gasteiger partial charge in [-0.2, -0.15) is 11.8 Å². The molecule has 1 aromatic rings. The SMILES string of the molecule is CSCCCC(=O)N(CCCN)Cc1ccccc1.Cl. The third kappa shape index (κ3) is 7.78. The van der Waals surface area contributed by atoms with Crippen LogP contribution in [0.5, 0.6) is 0 Å². The highest BCUT2D eigenvalue weighted by atomic mass is 35.5. The number of carbonyl (C=O) groups excluding carboxylic acids is 1. The number of nitrogens with two attached hydrogens (primary N) is 1. The van der Waals surface area contributed by atoms with Crippen molar-refractivity contribution in [2.45, 2.75) is 25.8 Å². The first-order valence-electron chi connectivity index (χ1n) is 6.78. The summed E-state index contributed by atoms with van der Waals surface area (Å²) in [5, 5.41) is 0. The lowest BCUT2D eigenvalue weighted by atomic mass is 10.2. The van der Waals surface area contributed by atoms with Gasteiger partial charge in [0.15, 0.2) is 0 Å². The van der Waals surface area contributed by atoms with Gasteiger partial charge in [-0.3, -0.25) is 4.79 Å². The number of rotatable bonds is 9. The standard InChI is InChI=1S/C15H24N2OS.ClH/c1-19-12-5-9-15(18)17(11-6-10-16)13-14-7-3-2-4-8-14;/h2-4,7-8H,5-6,9-13,16H2,1H3;1H. The normalized spacial score (nSPS) is 9.90. The molecule has 0 unspecified atom stereocenters. The molecular formula is C15H25ClN2OS. The minimum absolute atomic E-state index is 0. The Morgan fingerprint density at radius 1 is 1.25 bits per heavy atom. The van der Waals surface area contributed by atoms with Gasteiger partial charge in [0, 0.05) is 19.5 Å². The van der Waals surface area contributed by atoms with Gasteiger partial charge < -0.3 is 10.6 Å². The Labute approximate surface area is 132 Å². The van der Waals surface area contributed by atoms with Crippen LogP contribution in [0.3, 0.4) is 0 Å². The summed E-state index contributed by atoms with van der Waals surface area (Å²) in [6.45, 7) is 2.08. The molecule has 1 aromatic carbocycles. The fourth-order valence-corrected chi connectivity index (χ4v) is 2.34. The van der Waals surface area contributed by atoms with E-state index in [1.54, 1.807) is 11.8 Å². The Bertz CT molecular complexity index is 362. The largest absolute Gasteiger partial charge is 0.338 e. The van der Waals surface area contributed by atoms with Crippen LogP contribution in [0.25, 0.3) is 0 Å². The van der Waals surface area contributed by atoms with Gasteiger partial charge in [0.25, 0.3) is 0 Å². The highest BCUT2D eigenvalue weighted by molar-refractivity contribution is 7.98. The van der Waals surface area contributed by atoms with Crippen molar-refractivity contribution in [3.8, 4) is 0 Å². The van der Waals surface area contributed by atoms with E-state index in [0.29, 0.717) is 19.5 Å². The second kappa shape index (κ2) is 12.1. The summed E-state index contributed by atoms with van der Waals surface area (Å²) in [5.74, 6) is 1.29. The number of amides is 1. The van der Waals surface area contributed by atoms with Gasteiger partial charge in [0.05, 0.1) is 0 Å². The number of carbonyl (C=O) groups is 1. The van der Waals surface area contributed by atoms with E-state index in [4.69, 9.17) is 5.73 Å². The van der Waals surface area contributed by atoms with E-state index < -0.39 is 0 Å². The van der Waals surface area contributed by atoms with E-state index in [-0.39, 0.29) is 18.3 Å². The summed E-state index contributed by atoms with van der Waals surface area (Å²) in [6.07, 6.45) is 4.52. The maximum atomic E-state index is 12.2. The average molecular weight is 317 g/mol. The van der Waals surface area contributed by atoms with Crippen LogP contribution in [0, 0.1) is 0 Å². The zero-order valence-electron chi connectivity index (χ0n) is 12.1. The minimum atomic E-state index is 0. The summed E-state index contributed by atoms with van der Waals surface area (Å²) in [7, 11) is 0. The molecule has 0 aliphatic carbocycles. The van der Waals surface area contributed by atoms with Crippen molar-refractivity contribution in [3.63, 3.8) is 0 Å². The van der Waals surface area contributed by atoms with Crippen LogP contribution in [-0.4, -0.2) is 35.9 Å². The van der Waals surface area contributed by atoms with Crippen molar-refractivity contribution in [2.24, 2.45) is 5.73 Å². The summed E-state index contributed by atoms with van der Waals surface area (Å²) in [5.41, 5.74) is 6.73. The van der Waals surface area contributed by atoms with Crippen LogP contribution >= 0.6 is 24.2 Å². The Morgan fingerprint density at radius 2 is 1.95 bits per heavy atom. The van der Waals surface area contributed by atoms with E-state index in [1.165, 1.54) is 5.56 Å². The molecule has 1 rings (SSSR count). The number of hydrogen-bond acceptors (Lipinski definition) is 3. The summed E-state index contributed by atoms with van der Waals surface area (Å²) in [4.78, 5) is 14.1. The molecular weight excluding hydrogens is 292 g/mol. The van der Waals surface area contributed by atoms with Gasteiger partial charge in [-0.1, -0.05) is 30.3 Å². The summed E-state index contributed by atoms with van der Waals surface area (Å²) in [6, 6.07) is 10.1. The molecule has 0 aliphatic heterocycles. The molecule has 0 aromatic heterocycles. The summed E-state index contributed by atoms with van der Waals surface area (Å²) >= 11 is 1.79. The van der Waals surface area contributed by atoms with Crippen LogP contribution in [0.1, 0.15) is 24.8 Å². The lowest BCUT2D eigenvalue weighted by Gasteiger charge is -2.22. The fraction of sp³-hybridized carbons (Fsp3) is 0.533. The first kappa shape index (κ1) is 19.3. The van der Waals surface area contributed by atoms with E-state index >= 15 is 0 Å². The maximum absolute atomic E-state index is 12.2. The van der Waals surface area contributed by atoms with Gasteiger partial charge in [-0.05, 0) is 37.0 Å². The van der Waals surface area contributed by atoms with Crippen LogP contribution in [0.2, 0.25) is 0 Å². The number of nitrogens with zero attached hydrogens (tertiary/aromatic N) is 1. The minimum Gasteiger partial charge on any atom is -0.338 e. The van der Waals surface area contributed by atoms with Crippen molar-refractivity contribution < 1.29 is 4.79 Å². The number of benzene rings is 1. The monoisotopic (exact) mass is 316 g/mol. The van der Waals surface area contributed by atoms with E-state index in [2.05, 4.69) is 18.4 Å². The fourth-order valence-electron chi connectivity index (χ4n) is 1.90. The van der Waals surface area contributed by atoms with Crippen LogP contribution in [0.4, 0.5) is 0 Å². The van der Waals surface area contributed by atoms with Crippen molar-refractivity contribution in [3.05, 3.63) is 35.9 Å². The molecule has 0 saturated heterocycles. The third-order valence-electron chi connectivity index (χ3n) is 2.94. The second-order valence-electron chi connectivity index (χ2n) is 4.54. The topological polar surface area (TPSA) is 46.3 Å². The molecule has 0 spiro atoms. The molecule has 0 bridgehead atoms. The van der Waals surface area contributed by atoms with Gasteiger partial charge in [-0.15, -0.1) is 12.4 Å². The lowest BCUT2D eigenvalue weighted by molar-refractivity contribution is -0.131.